The molecular weight excluding hydrogens is 330 g/mol. The summed E-state index contributed by atoms with van der Waals surface area (Å²) >= 11 is 0. The number of hydrogen-bond donors (Lipinski definition) is 1. The van der Waals surface area contributed by atoms with Gasteiger partial charge in [0.2, 0.25) is 0 Å². The van der Waals surface area contributed by atoms with Crippen molar-refractivity contribution in [3.8, 4) is 0 Å². The minimum Gasteiger partial charge on any atom is -0.379 e. The van der Waals surface area contributed by atoms with Crippen LogP contribution in [0.5, 0.6) is 0 Å². The lowest BCUT2D eigenvalue weighted by molar-refractivity contribution is 0.0924. The zero-order chi connectivity index (χ0) is 17.9. The lowest BCUT2D eigenvalue weighted by Crippen LogP contribution is -2.40. The van der Waals surface area contributed by atoms with E-state index < -0.39 is 0 Å². The van der Waals surface area contributed by atoms with Gasteiger partial charge in [-0.3, -0.25) is 4.79 Å². The highest BCUT2D eigenvalue weighted by Crippen LogP contribution is 2.22. The standard InChI is InChI=1S/C20H25N3O3/c1-14-10-18(26-22-14)11-16-12-25-13-19(16)21-20(24)15-4-6-17(7-5-15)23-8-2-3-9-23/h4-7,10,16,19H,2-3,8-9,11-13H2,1H3,(H,21,24)/t16-,19+/m1/s1. The van der Waals surface area contributed by atoms with Gasteiger partial charge in [-0.25, -0.2) is 0 Å². The van der Waals surface area contributed by atoms with Crippen molar-refractivity contribution in [2.45, 2.75) is 32.2 Å². The van der Waals surface area contributed by atoms with Crippen LogP contribution < -0.4 is 10.2 Å². The number of carbonyl (C=O) groups excluding carboxylic acids is 1. The topological polar surface area (TPSA) is 67.6 Å². The molecule has 0 unspecified atom stereocenters. The van der Waals surface area contributed by atoms with Crippen molar-refractivity contribution in [2.75, 3.05) is 31.2 Å². The molecule has 0 radical (unpaired) electrons. The lowest BCUT2D eigenvalue weighted by Gasteiger charge is -2.19. The summed E-state index contributed by atoms with van der Waals surface area (Å²) in [6, 6.07) is 9.83. The van der Waals surface area contributed by atoms with Gasteiger partial charge in [-0.05, 0) is 44.0 Å². The monoisotopic (exact) mass is 355 g/mol. The second-order valence-electron chi connectivity index (χ2n) is 7.26. The maximum atomic E-state index is 12.6. The first-order valence-corrected chi connectivity index (χ1v) is 9.35. The summed E-state index contributed by atoms with van der Waals surface area (Å²) in [6.45, 7) is 5.28. The first-order valence-electron chi connectivity index (χ1n) is 9.35. The van der Waals surface area contributed by atoms with Crippen molar-refractivity contribution in [3.05, 3.63) is 47.3 Å². The van der Waals surface area contributed by atoms with Gasteiger partial charge in [0.05, 0.1) is 24.9 Å². The van der Waals surface area contributed by atoms with Crippen LogP contribution in [-0.2, 0) is 11.2 Å². The minimum atomic E-state index is -0.0489. The fraction of sp³-hybridized carbons (Fsp3) is 0.500. The Balaban J connectivity index is 1.37. The zero-order valence-electron chi connectivity index (χ0n) is 15.1. The molecule has 2 aliphatic rings. The summed E-state index contributed by atoms with van der Waals surface area (Å²) in [5.74, 6) is 0.995. The van der Waals surface area contributed by atoms with Gasteiger partial charge in [0.25, 0.3) is 5.91 Å². The molecule has 0 saturated carbocycles. The Morgan fingerprint density at radius 2 is 2.00 bits per heavy atom. The Labute approximate surface area is 153 Å². The Hall–Kier alpha value is -2.34. The molecule has 6 nitrogen and oxygen atoms in total. The maximum Gasteiger partial charge on any atom is 0.251 e. The highest BCUT2D eigenvalue weighted by atomic mass is 16.5. The van der Waals surface area contributed by atoms with E-state index >= 15 is 0 Å². The van der Waals surface area contributed by atoms with Crippen LogP contribution >= 0.6 is 0 Å². The van der Waals surface area contributed by atoms with E-state index in [-0.39, 0.29) is 17.9 Å². The van der Waals surface area contributed by atoms with Crippen LogP contribution in [0.25, 0.3) is 0 Å². The number of rotatable bonds is 5. The lowest BCUT2D eigenvalue weighted by atomic mass is 9.98. The van der Waals surface area contributed by atoms with Gasteiger partial charge >= 0.3 is 0 Å². The van der Waals surface area contributed by atoms with Crippen molar-refractivity contribution in [3.63, 3.8) is 0 Å². The van der Waals surface area contributed by atoms with E-state index in [9.17, 15) is 4.79 Å². The number of anilines is 1. The quantitative estimate of drug-likeness (QED) is 0.893. The van der Waals surface area contributed by atoms with E-state index in [1.165, 1.54) is 18.5 Å². The average Bonchev–Trinajstić information content (AvgIpc) is 3.39. The Morgan fingerprint density at radius 1 is 1.23 bits per heavy atom. The summed E-state index contributed by atoms with van der Waals surface area (Å²) in [5, 5.41) is 7.05. The van der Waals surface area contributed by atoms with Gasteiger partial charge in [0.1, 0.15) is 5.76 Å². The molecule has 1 aromatic carbocycles. The molecule has 2 fully saturated rings. The summed E-state index contributed by atoms with van der Waals surface area (Å²) in [6.07, 6.45) is 3.21. The summed E-state index contributed by atoms with van der Waals surface area (Å²) in [7, 11) is 0. The van der Waals surface area contributed by atoms with Crippen molar-refractivity contribution in [1.82, 2.24) is 10.5 Å². The molecule has 0 aliphatic carbocycles. The third-order valence-electron chi connectivity index (χ3n) is 5.26. The van der Waals surface area contributed by atoms with Crippen LogP contribution in [0, 0.1) is 12.8 Å². The van der Waals surface area contributed by atoms with Crippen LogP contribution in [0.2, 0.25) is 0 Å². The predicted molar refractivity (Wildman–Crippen MR) is 98.4 cm³/mol. The molecule has 138 valence electrons. The molecule has 2 atom stereocenters. The molecule has 2 aliphatic heterocycles. The minimum absolute atomic E-state index is 0.00818. The van der Waals surface area contributed by atoms with E-state index in [4.69, 9.17) is 9.26 Å². The number of aromatic nitrogens is 1. The van der Waals surface area contributed by atoms with Gasteiger partial charge < -0.3 is 19.5 Å². The average molecular weight is 355 g/mol. The zero-order valence-corrected chi connectivity index (χ0v) is 15.1. The summed E-state index contributed by atoms with van der Waals surface area (Å²) in [4.78, 5) is 15.0. The third kappa shape index (κ3) is 3.75. The van der Waals surface area contributed by atoms with Crippen molar-refractivity contribution < 1.29 is 14.1 Å². The largest absolute Gasteiger partial charge is 0.379 e. The highest BCUT2D eigenvalue weighted by molar-refractivity contribution is 5.94. The molecule has 1 aromatic heterocycles. The first kappa shape index (κ1) is 17.1. The van der Waals surface area contributed by atoms with Crippen molar-refractivity contribution in [2.24, 2.45) is 5.92 Å². The number of amides is 1. The second-order valence-corrected chi connectivity index (χ2v) is 7.26. The van der Waals surface area contributed by atoms with Gasteiger partial charge in [-0.1, -0.05) is 5.16 Å². The number of hydrogen-bond acceptors (Lipinski definition) is 5. The molecule has 6 heteroatoms. The van der Waals surface area contributed by atoms with Gasteiger partial charge in [-0.2, -0.15) is 0 Å². The molecule has 26 heavy (non-hydrogen) atoms. The summed E-state index contributed by atoms with van der Waals surface area (Å²) in [5.41, 5.74) is 2.76. The van der Waals surface area contributed by atoms with Gasteiger partial charge in [-0.15, -0.1) is 0 Å². The molecule has 1 amide bonds. The van der Waals surface area contributed by atoms with Crippen LogP contribution in [0.15, 0.2) is 34.9 Å². The van der Waals surface area contributed by atoms with E-state index in [1.54, 1.807) is 0 Å². The molecule has 0 bridgehead atoms. The maximum absolute atomic E-state index is 12.6. The number of carbonyl (C=O) groups is 1. The summed E-state index contributed by atoms with van der Waals surface area (Å²) < 4.78 is 10.9. The SMILES string of the molecule is Cc1cc(C[C@@H]2COC[C@@H]2NC(=O)c2ccc(N3CCCC3)cc2)on1. The fourth-order valence-corrected chi connectivity index (χ4v) is 3.78. The van der Waals surface area contributed by atoms with E-state index in [2.05, 4.69) is 15.4 Å². The Kier molecular flexibility index (Phi) is 4.93. The highest BCUT2D eigenvalue weighted by Gasteiger charge is 2.31. The number of nitrogens with zero attached hydrogens (tertiary/aromatic N) is 2. The molecule has 0 spiro atoms. The van der Waals surface area contributed by atoms with Crippen molar-refractivity contribution >= 4 is 11.6 Å². The molecule has 4 rings (SSSR count). The number of ether oxygens (including phenoxy) is 1. The van der Waals surface area contributed by atoms with Crippen molar-refractivity contribution in [1.29, 1.82) is 0 Å². The number of benzene rings is 1. The van der Waals surface area contributed by atoms with Crippen LogP contribution in [0.4, 0.5) is 5.69 Å². The predicted octanol–water partition coefficient (Wildman–Crippen LogP) is 2.57. The second kappa shape index (κ2) is 7.50. The fourth-order valence-electron chi connectivity index (χ4n) is 3.78. The molecule has 3 heterocycles. The number of nitrogens with one attached hydrogen (secondary N) is 1. The van der Waals surface area contributed by atoms with E-state index in [0.717, 1.165) is 31.0 Å². The van der Waals surface area contributed by atoms with E-state index in [0.29, 0.717) is 18.8 Å². The molecular formula is C20H25N3O3. The Morgan fingerprint density at radius 3 is 2.69 bits per heavy atom. The molecule has 1 N–H and O–H groups in total. The molecule has 2 saturated heterocycles. The molecule has 2 aromatic rings. The van der Waals surface area contributed by atoms with E-state index in [1.807, 2.05) is 37.3 Å². The smallest absolute Gasteiger partial charge is 0.251 e. The first-order chi connectivity index (χ1) is 12.7. The van der Waals surface area contributed by atoms with Gasteiger partial charge in [0.15, 0.2) is 0 Å². The third-order valence-corrected chi connectivity index (χ3v) is 5.26. The van der Waals surface area contributed by atoms with Gasteiger partial charge in [0, 0.05) is 42.7 Å². The van der Waals surface area contributed by atoms with Crippen LogP contribution in [0.1, 0.15) is 34.7 Å². The normalized spacial score (nSPS) is 22.7. The number of aryl methyl sites for hydroxylation is 1. The van der Waals surface area contributed by atoms with Crippen LogP contribution in [0.3, 0.4) is 0 Å². The Bertz CT molecular complexity index is 750. The van der Waals surface area contributed by atoms with Crippen LogP contribution in [-0.4, -0.2) is 43.4 Å².